The van der Waals surface area contributed by atoms with E-state index in [-0.39, 0.29) is 11.8 Å². The molecule has 1 saturated heterocycles. The van der Waals surface area contributed by atoms with E-state index in [4.69, 9.17) is 0 Å². The lowest BCUT2D eigenvalue weighted by Gasteiger charge is -2.24. The van der Waals surface area contributed by atoms with Crippen molar-refractivity contribution in [1.82, 2.24) is 10.2 Å². The minimum Gasteiger partial charge on any atom is -0.312 e. The van der Waals surface area contributed by atoms with E-state index in [2.05, 4.69) is 5.32 Å². The van der Waals surface area contributed by atoms with Crippen LogP contribution in [0.4, 0.5) is 0 Å². The van der Waals surface area contributed by atoms with Crippen molar-refractivity contribution < 1.29 is 9.59 Å². The quantitative estimate of drug-likeness (QED) is 0.661. The van der Waals surface area contributed by atoms with Crippen molar-refractivity contribution in [3.63, 3.8) is 0 Å². The summed E-state index contributed by atoms with van der Waals surface area (Å²) in [5, 5.41) is 3.29. The van der Waals surface area contributed by atoms with Gasteiger partial charge in [0.1, 0.15) is 0 Å². The monoisotopic (exact) mass is 214 g/mol. The molecule has 0 aromatic heterocycles. The molecule has 1 N–H and O–H groups in total. The highest BCUT2D eigenvalue weighted by atomic mass is 32.2. The van der Waals surface area contributed by atoms with Gasteiger partial charge in [-0.25, -0.2) is 0 Å². The summed E-state index contributed by atoms with van der Waals surface area (Å²) in [6.07, 6.45) is 2.47. The van der Waals surface area contributed by atoms with Crippen LogP contribution in [0.2, 0.25) is 0 Å². The van der Waals surface area contributed by atoms with E-state index in [1.807, 2.05) is 0 Å². The van der Waals surface area contributed by atoms with Gasteiger partial charge in [-0.05, 0) is 12.8 Å². The van der Waals surface area contributed by atoms with E-state index in [0.29, 0.717) is 24.1 Å². The number of carbonyl (C=O) groups excluding carboxylic acids is 2. The summed E-state index contributed by atoms with van der Waals surface area (Å²) in [7, 11) is 0. The lowest BCUT2D eigenvalue weighted by molar-refractivity contribution is -0.142. The van der Waals surface area contributed by atoms with Crippen LogP contribution in [0.15, 0.2) is 0 Å². The maximum Gasteiger partial charge on any atom is 0.239 e. The Morgan fingerprint density at radius 2 is 1.93 bits per heavy atom. The van der Waals surface area contributed by atoms with Crippen LogP contribution in [-0.4, -0.2) is 47.4 Å². The zero-order valence-corrected chi connectivity index (χ0v) is 8.81. The standard InChI is InChI=1S/C9H14N2O2S/c12-8-5-14-6-9(13)11(8)4-3-10-7-1-2-7/h7,10H,1-6H2. The highest BCUT2D eigenvalue weighted by Gasteiger charge is 2.26. The fraction of sp³-hybridized carbons (Fsp3) is 0.778. The molecule has 0 spiro atoms. The minimum absolute atomic E-state index is 0.0381. The highest BCUT2D eigenvalue weighted by Crippen LogP contribution is 2.18. The van der Waals surface area contributed by atoms with Crippen LogP contribution in [0.3, 0.4) is 0 Å². The van der Waals surface area contributed by atoms with E-state index >= 15 is 0 Å². The predicted octanol–water partition coefficient (Wildman–Crippen LogP) is -0.160. The second-order valence-electron chi connectivity index (χ2n) is 3.66. The van der Waals surface area contributed by atoms with Crippen LogP contribution in [-0.2, 0) is 9.59 Å². The molecule has 1 saturated carbocycles. The number of imide groups is 1. The SMILES string of the molecule is O=C1CSCC(=O)N1CCNC1CC1. The van der Waals surface area contributed by atoms with Crippen molar-refractivity contribution in [3.8, 4) is 0 Å². The molecule has 2 fully saturated rings. The van der Waals surface area contributed by atoms with E-state index < -0.39 is 0 Å². The fourth-order valence-corrected chi connectivity index (χ4v) is 2.20. The van der Waals surface area contributed by atoms with Gasteiger partial charge in [0.25, 0.3) is 0 Å². The summed E-state index contributed by atoms with van der Waals surface area (Å²) >= 11 is 1.41. The third-order valence-electron chi connectivity index (χ3n) is 2.40. The van der Waals surface area contributed by atoms with Crippen LogP contribution in [0, 0.1) is 0 Å². The Bertz CT molecular complexity index is 237. The fourth-order valence-electron chi connectivity index (χ4n) is 1.44. The van der Waals surface area contributed by atoms with Gasteiger partial charge in [0.05, 0.1) is 11.5 Å². The van der Waals surface area contributed by atoms with Gasteiger partial charge in [0, 0.05) is 19.1 Å². The van der Waals surface area contributed by atoms with E-state index in [9.17, 15) is 9.59 Å². The molecule has 4 nitrogen and oxygen atoms in total. The van der Waals surface area contributed by atoms with Gasteiger partial charge in [0.2, 0.25) is 11.8 Å². The molecule has 1 aliphatic carbocycles. The first-order valence-corrected chi connectivity index (χ1v) is 6.07. The van der Waals surface area contributed by atoms with Gasteiger partial charge in [-0.2, -0.15) is 0 Å². The molecule has 2 aliphatic rings. The zero-order valence-electron chi connectivity index (χ0n) is 7.99. The molecule has 0 bridgehead atoms. The van der Waals surface area contributed by atoms with Gasteiger partial charge in [-0.15, -0.1) is 11.8 Å². The maximum absolute atomic E-state index is 11.4. The molecule has 5 heteroatoms. The van der Waals surface area contributed by atoms with Gasteiger partial charge in [-0.3, -0.25) is 14.5 Å². The Kier molecular flexibility index (Phi) is 3.08. The van der Waals surface area contributed by atoms with Crippen molar-refractivity contribution in [3.05, 3.63) is 0 Å². The summed E-state index contributed by atoms with van der Waals surface area (Å²) in [5.41, 5.74) is 0. The maximum atomic E-state index is 11.4. The van der Waals surface area contributed by atoms with Gasteiger partial charge in [-0.1, -0.05) is 0 Å². The van der Waals surface area contributed by atoms with E-state index in [1.54, 1.807) is 0 Å². The Morgan fingerprint density at radius 3 is 2.50 bits per heavy atom. The van der Waals surface area contributed by atoms with Crippen molar-refractivity contribution in [2.75, 3.05) is 24.6 Å². The molecule has 2 rings (SSSR count). The van der Waals surface area contributed by atoms with Crippen molar-refractivity contribution >= 4 is 23.6 Å². The van der Waals surface area contributed by atoms with Gasteiger partial charge >= 0.3 is 0 Å². The van der Waals surface area contributed by atoms with Crippen LogP contribution in [0.5, 0.6) is 0 Å². The third-order valence-corrected chi connectivity index (χ3v) is 3.30. The molecule has 2 amide bonds. The molecule has 0 aromatic rings. The van der Waals surface area contributed by atoms with E-state index in [0.717, 1.165) is 6.54 Å². The molecule has 14 heavy (non-hydrogen) atoms. The first-order valence-electron chi connectivity index (χ1n) is 4.91. The summed E-state index contributed by atoms with van der Waals surface area (Å²) in [5.74, 6) is 0.831. The number of carbonyl (C=O) groups is 2. The highest BCUT2D eigenvalue weighted by molar-refractivity contribution is 8.00. The summed E-state index contributed by atoms with van der Waals surface area (Å²) in [6.45, 7) is 1.28. The molecule has 0 unspecified atom stereocenters. The van der Waals surface area contributed by atoms with Crippen molar-refractivity contribution in [1.29, 1.82) is 0 Å². The molecule has 78 valence electrons. The van der Waals surface area contributed by atoms with E-state index in [1.165, 1.54) is 29.5 Å². The van der Waals surface area contributed by atoms with Crippen molar-refractivity contribution in [2.45, 2.75) is 18.9 Å². The largest absolute Gasteiger partial charge is 0.312 e. The molecule has 1 heterocycles. The number of amides is 2. The molecule has 1 aliphatic heterocycles. The van der Waals surface area contributed by atoms with Crippen LogP contribution in [0.25, 0.3) is 0 Å². The second kappa shape index (κ2) is 4.31. The number of nitrogens with zero attached hydrogens (tertiary/aromatic N) is 1. The second-order valence-corrected chi connectivity index (χ2v) is 4.65. The minimum atomic E-state index is -0.0381. The van der Waals surface area contributed by atoms with Crippen LogP contribution < -0.4 is 5.32 Å². The lowest BCUT2D eigenvalue weighted by atomic mass is 10.4. The Labute approximate surface area is 87.4 Å². The summed E-state index contributed by atoms with van der Waals surface area (Å²) < 4.78 is 0. The number of nitrogens with one attached hydrogen (secondary N) is 1. The van der Waals surface area contributed by atoms with Gasteiger partial charge in [0.15, 0.2) is 0 Å². The third kappa shape index (κ3) is 2.48. The van der Waals surface area contributed by atoms with Gasteiger partial charge < -0.3 is 5.32 Å². The first-order chi connectivity index (χ1) is 6.77. The predicted molar refractivity (Wildman–Crippen MR) is 55.1 cm³/mol. The summed E-state index contributed by atoms with van der Waals surface area (Å²) in [6, 6.07) is 0.638. The average Bonchev–Trinajstić information content (AvgIpc) is 2.94. The Hall–Kier alpha value is -0.550. The Morgan fingerprint density at radius 1 is 1.29 bits per heavy atom. The normalized spacial score (nSPS) is 23.0. The van der Waals surface area contributed by atoms with Crippen LogP contribution >= 0.6 is 11.8 Å². The molecule has 0 radical (unpaired) electrons. The topological polar surface area (TPSA) is 49.4 Å². The number of hydrogen-bond acceptors (Lipinski definition) is 4. The zero-order chi connectivity index (χ0) is 9.97. The number of rotatable bonds is 4. The van der Waals surface area contributed by atoms with Crippen molar-refractivity contribution in [2.24, 2.45) is 0 Å². The van der Waals surface area contributed by atoms with Crippen LogP contribution in [0.1, 0.15) is 12.8 Å². The summed E-state index contributed by atoms with van der Waals surface area (Å²) in [4.78, 5) is 24.1. The number of hydrogen-bond donors (Lipinski definition) is 1. The first kappa shape index (κ1) is 9.98. The Balaban J connectivity index is 1.75. The lowest BCUT2D eigenvalue weighted by Crippen LogP contribution is -2.46. The smallest absolute Gasteiger partial charge is 0.239 e. The molecule has 0 atom stereocenters. The molecular formula is C9H14N2O2S. The number of thioether (sulfide) groups is 1. The molecule has 0 aromatic carbocycles. The molecular weight excluding hydrogens is 200 g/mol. The average molecular weight is 214 g/mol.